The largest absolute Gasteiger partial charge is 0.389 e. The Hall–Kier alpha value is -2.74. The lowest BCUT2D eigenvalue weighted by molar-refractivity contribution is -0.389. The topological polar surface area (TPSA) is 102 Å². The Morgan fingerprint density at radius 3 is 2.82 bits per heavy atom. The fraction of sp³-hybridized carbons (Fsp3) is 0.286. The number of hydrogen-bond donors (Lipinski definition) is 2. The number of benzene rings is 1. The summed E-state index contributed by atoms with van der Waals surface area (Å²) in [6.07, 6.45) is 1.41. The van der Waals surface area contributed by atoms with Gasteiger partial charge in [-0.25, -0.2) is 0 Å². The van der Waals surface area contributed by atoms with Crippen LogP contribution in [0.2, 0.25) is 0 Å². The number of anilines is 1. The second kappa shape index (κ2) is 7.32. The third-order valence-corrected chi connectivity index (χ3v) is 2.98. The first-order valence-corrected chi connectivity index (χ1v) is 6.86. The van der Waals surface area contributed by atoms with Gasteiger partial charge in [0.15, 0.2) is 0 Å². The monoisotopic (exact) mass is 303 g/mol. The molecule has 0 fully saturated rings. The van der Waals surface area contributed by atoms with Crippen molar-refractivity contribution in [3.8, 4) is 0 Å². The molecular weight excluding hydrogens is 286 g/mol. The van der Waals surface area contributed by atoms with Crippen molar-refractivity contribution in [1.29, 1.82) is 0 Å². The van der Waals surface area contributed by atoms with E-state index < -0.39 is 4.92 Å². The molecule has 0 spiro atoms. The van der Waals surface area contributed by atoms with E-state index in [9.17, 15) is 14.9 Å². The number of nitrogens with one attached hydrogen (secondary N) is 2. The molecule has 2 aromatic rings. The molecule has 22 heavy (non-hydrogen) atoms. The molecule has 1 amide bonds. The highest BCUT2D eigenvalue weighted by atomic mass is 16.6. The first kappa shape index (κ1) is 15.6. The van der Waals surface area contributed by atoms with Crippen molar-refractivity contribution in [2.45, 2.75) is 20.0 Å². The van der Waals surface area contributed by atoms with Crippen LogP contribution in [0, 0.1) is 10.1 Å². The maximum Gasteiger partial charge on any atom is 0.389 e. The number of nitro groups is 1. The van der Waals surface area contributed by atoms with Gasteiger partial charge < -0.3 is 20.7 Å². The number of nitrogens with zero attached hydrogens (tertiary/aromatic N) is 3. The second-order valence-corrected chi connectivity index (χ2v) is 4.61. The lowest BCUT2D eigenvalue weighted by atomic mass is 10.1. The van der Waals surface area contributed by atoms with Gasteiger partial charge >= 0.3 is 5.82 Å². The summed E-state index contributed by atoms with van der Waals surface area (Å²) >= 11 is 0. The van der Waals surface area contributed by atoms with E-state index in [4.69, 9.17) is 0 Å². The van der Waals surface area contributed by atoms with Crippen LogP contribution in [0.3, 0.4) is 0 Å². The van der Waals surface area contributed by atoms with Crippen LogP contribution in [0.5, 0.6) is 0 Å². The van der Waals surface area contributed by atoms with Crippen molar-refractivity contribution in [3.05, 3.63) is 52.2 Å². The number of carbonyl (C=O) groups excluding carboxylic acids is 1. The first-order valence-electron chi connectivity index (χ1n) is 6.86. The quantitative estimate of drug-likeness (QED) is 0.596. The van der Waals surface area contributed by atoms with Crippen molar-refractivity contribution in [2.75, 3.05) is 11.9 Å². The van der Waals surface area contributed by atoms with Crippen molar-refractivity contribution < 1.29 is 9.72 Å². The molecule has 116 valence electrons. The fourth-order valence-electron chi connectivity index (χ4n) is 1.93. The Balaban J connectivity index is 2.00. The first-order chi connectivity index (χ1) is 10.6. The van der Waals surface area contributed by atoms with Crippen LogP contribution in [0.1, 0.15) is 12.5 Å². The summed E-state index contributed by atoms with van der Waals surface area (Å²) in [7, 11) is 0. The van der Waals surface area contributed by atoms with Crippen molar-refractivity contribution >= 4 is 17.4 Å². The highest BCUT2D eigenvalue weighted by Gasteiger charge is 2.14. The summed E-state index contributed by atoms with van der Waals surface area (Å²) in [5.74, 6) is -0.567. The number of amides is 1. The molecule has 0 bridgehead atoms. The second-order valence-electron chi connectivity index (χ2n) is 4.61. The fourth-order valence-corrected chi connectivity index (χ4v) is 1.93. The van der Waals surface area contributed by atoms with Gasteiger partial charge in [-0.3, -0.25) is 4.79 Å². The van der Waals surface area contributed by atoms with E-state index >= 15 is 0 Å². The molecular formula is C14H17N5O3. The highest BCUT2D eigenvalue weighted by molar-refractivity contribution is 5.91. The van der Waals surface area contributed by atoms with Gasteiger partial charge in [0.25, 0.3) is 0 Å². The van der Waals surface area contributed by atoms with E-state index in [-0.39, 0.29) is 18.3 Å². The Morgan fingerprint density at radius 1 is 1.36 bits per heavy atom. The van der Waals surface area contributed by atoms with Gasteiger partial charge in [0.05, 0.1) is 17.4 Å². The molecule has 1 aromatic heterocycles. The smallest absolute Gasteiger partial charge is 0.358 e. The minimum atomic E-state index is -0.597. The number of carbonyl (C=O) groups is 1. The minimum Gasteiger partial charge on any atom is -0.358 e. The molecule has 1 aromatic carbocycles. The van der Waals surface area contributed by atoms with E-state index in [2.05, 4.69) is 15.7 Å². The van der Waals surface area contributed by atoms with Gasteiger partial charge in [-0.05, 0) is 23.1 Å². The maximum atomic E-state index is 12.0. The van der Waals surface area contributed by atoms with Gasteiger partial charge in [0, 0.05) is 12.2 Å². The molecule has 1 heterocycles. The zero-order valence-corrected chi connectivity index (χ0v) is 12.2. The SMILES string of the molecule is CCNCc1ccccc1NC(=O)Cn1ccc([N+](=O)[O-])n1. The molecule has 2 N–H and O–H groups in total. The lowest BCUT2D eigenvalue weighted by Crippen LogP contribution is -2.21. The zero-order chi connectivity index (χ0) is 15.9. The van der Waals surface area contributed by atoms with E-state index in [1.165, 1.54) is 16.9 Å². The Morgan fingerprint density at radius 2 is 2.14 bits per heavy atom. The average Bonchev–Trinajstić information content (AvgIpc) is 2.95. The third-order valence-electron chi connectivity index (χ3n) is 2.98. The lowest BCUT2D eigenvalue weighted by Gasteiger charge is -2.10. The number of rotatable bonds is 7. The van der Waals surface area contributed by atoms with Gasteiger partial charge in [-0.15, -0.1) is 0 Å². The highest BCUT2D eigenvalue weighted by Crippen LogP contribution is 2.15. The molecule has 0 aliphatic carbocycles. The normalized spacial score (nSPS) is 10.4. The van der Waals surface area contributed by atoms with E-state index in [1.54, 1.807) is 0 Å². The number of hydrogen-bond acceptors (Lipinski definition) is 5. The molecule has 0 saturated heterocycles. The predicted octanol–water partition coefficient (Wildman–Crippen LogP) is 1.54. The molecule has 0 saturated carbocycles. The van der Waals surface area contributed by atoms with Crippen LogP contribution in [0.15, 0.2) is 36.5 Å². The number of para-hydroxylation sites is 1. The molecule has 8 nitrogen and oxygen atoms in total. The molecule has 0 unspecified atom stereocenters. The van der Waals surface area contributed by atoms with Gasteiger partial charge in [-0.2, -0.15) is 4.68 Å². The zero-order valence-electron chi connectivity index (χ0n) is 12.2. The van der Waals surface area contributed by atoms with Crippen molar-refractivity contribution in [1.82, 2.24) is 15.1 Å². The summed E-state index contributed by atoms with van der Waals surface area (Å²) in [5.41, 5.74) is 1.69. The summed E-state index contributed by atoms with van der Waals surface area (Å²) in [4.78, 5) is 22.0. The Labute approximate surface area is 127 Å². The standard InChI is InChI=1S/C14H17N5O3/c1-2-15-9-11-5-3-4-6-12(11)16-14(20)10-18-8-7-13(17-18)19(21)22/h3-8,15H,2,9-10H2,1H3,(H,16,20). The van der Waals surface area contributed by atoms with Gasteiger partial charge in [0.1, 0.15) is 6.54 Å². The third kappa shape index (κ3) is 4.13. The molecule has 0 radical (unpaired) electrons. The van der Waals surface area contributed by atoms with E-state index in [0.29, 0.717) is 6.54 Å². The Kier molecular flexibility index (Phi) is 5.21. The van der Waals surface area contributed by atoms with Crippen LogP contribution < -0.4 is 10.6 Å². The molecule has 2 rings (SSSR count). The van der Waals surface area contributed by atoms with Crippen LogP contribution in [-0.4, -0.2) is 27.2 Å². The molecule has 0 aliphatic heterocycles. The summed E-state index contributed by atoms with van der Waals surface area (Å²) in [6.45, 7) is 3.41. The molecule has 0 atom stereocenters. The summed E-state index contributed by atoms with van der Waals surface area (Å²) in [6, 6.07) is 8.74. The van der Waals surface area contributed by atoms with Crippen LogP contribution >= 0.6 is 0 Å². The van der Waals surface area contributed by atoms with E-state index in [1.807, 2.05) is 31.2 Å². The van der Waals surface area contributed by atoms with Crippen molar-refractivity contribution in [3.63, 3.8) is 0 Å². The van der Waals surface area contributed by atoms with Crippen LogP contribution in [0.25, 0.3) is 0 Å². The molecule has 0 aliphatic rings. The summed E-state index contributed by atoms with van der Waals surface area (Å²) < 4.78 is 1.24. The Bertz CT molecular complexity index is 668. The maximum absolute atomic E-state index is 12.0. The van der Waals surface area contributed by atoms with Crippen LogP contribution in [-0.2, 0) is 17.9 Å². The van der Waals surface area contributed by atoms with E-state index in [0.717, 1.165) is 17.8 Å². The summed E-state index contributed by atoms with van der Waals surface area (Å²) in [5, 5.41) is 20.3. The minimum absolute atomic E-state index is 0.0800. The number of aromatic nitrogens is 2. The molecule has 8 heteroatoms. The van der Waals surface area contributed by atoms with Crippen molar-refractivity contribution in [2.24, 2.45) is 0 Å². The van der Waals surface area contributed by atoms with Crippen LogP contribution in [0.4, 0.5) is 11.5 Å². The van der Waals surface area contributed by atoms with Gasteiger partial charge in [-0.1, -0.05) is 25.1 Å². The average molecular weight is 303 g/mol. The van der Waals surface area contributed by atoms with Gasteiger partial charge in [0.2, 0.25) is 5.91 Å². The predicted molar refractivity (Wildman–Crippen MR) is 81.3 cm³/mol.